The van der Waals surface area contributed by atoms with Crippen LogP contribution in [0.1, 0.15) is 11.3 Å². The topological polar surface area (TPSA) is 105 Å². The zero-order valence-electron chi connectivity index (χ0n) is 12.6. The SMILES string of the molecule is CSc1ncc(/C=C2\C(=O)NC(=O)N(Cc3ccco3)C2=O)cn1. The third kappa shape index (κ3) is 3.20. The predicted molar refractivity (Wildman–Crippen MR) is 84.6 cm³/mol. The summed E-state index contributed by atoms with van der Waals surface area (Å²) in [7, 11) is 0. The van der Waals surface area contributed by atoms with E-state index in [9.17, 15) is 14.4 Å². The van der Waals surface area contributed by atoms with Gasteiger partial charge in [0.2, 0.25) is 0 Å². The van der Waals surface area contributed by atoms with Crippen LogP contribution in [0.3, 0.4) is 0 Å². The molecule has 1 saturated heterocycles. The Kier molecular flexibility index (Phi) is 4.43. The molecule has 1 aliphatic rings. The largest absolute Gasteiger partial charge is 0.467 e. The molecule has 0 unspecified atom stereocenters. The van der Waals surface area contributed by atoms with E-state index in [0.717, 1.165) is 4.90 Å². The molecule has 9 heteroatoms. The second-order valence-corrected chi connectivity index (χ2v) is 5.56. The smallest absolute Gasteiger partial charge is 0.331 e. The van der Waals surface area contributed by atoms with Gasteiger partial charge in [-0.15, -0.1) is 0 Å². The summed E-state index contributed by atoms with van der Waals surface area (Å²) in [6.07, 6.45) is 7.63. The van der Waals surface area contributed by atoms with Gasteiger partial charge in [0.15, 0.2) is 5.16 Å². The van der Waals surface area contributed by atoms with Crippen LogP contribution in [0.5, 0.6) is 0 Å². The van der Waals surface area contributed by atoms with Gasteiger partial charge in [0.05, 0.1) is 12.8 Å². The summed E-state index contributed by atoms with van der Waals surface area (Å²) in [5, 5.41) is 2.71. The molecule has 0 saturated carbocycles. The molecule has 1 aliphatic heterocycles. The van der Waals surface area contributed by atoms with Crippen LogP contribution in [-0.2, 0) is 16.1 Å². The van der Waals surface area contributed by atoms with Gasteiger partial charge in [-0.05, 0) is 24.5 Å². The van der Waals surface area contributed by atoms with Crippen molar-refractivity contribution in [1.29, 1.82) is 0 Å². The van der Waals surface area contributed by atoms with E-state index in [1.807, 2.05) is 6.26 Å². The molecular formula is C15H12N4O4S. The number of furan rings is 1. The van der Waals surface area contributed by atoms with Crippen molar-refractivity contribution in [2.75, 3.05) is 6.26 Å². The second kappa shape index (κ2) is 6.67. The van der Waals surface area contributed by atoms with E-state index in [1.165, 1.54) is 36.5 Å². The average molecular weight is 344 g/mol. The van der Waals surface area contributed by atoms with E-state index in [2.05, 4.69) is 15.3 Å². The number of hydrogen-bond donors (Lipinski definition) is 1. The van der Waals surface area contributed by atoms with Crippen LogP contribution in [0.25, 0.3) is 6.08 Å². The van der Waals surface area contributed by atoms with Gasteiger partial charge in [0.1, 0.15) is 11.3 Å². The van der Waals surface area contributed by atoms with E-state index in [0.29, 0.717) is 16.5 Å². The molecule has 24 heavy (non-hydrogen) atoms. The Bertz CT molecular complexity index is 815. The maximum absolute atomic E-state index is 12.5. The highest BCUT2D eigenvalue weighted by molar-refractivity contribution is 7.98. The van der Waals surface area contributed by atoms with Gasteiger partial charge in [-0.3, -0.25) is 19.8 Å². The van der Waals surface area contributed by atoms with Crippen molar-refractivity contribution in [2.24, 2.45) is 0 Å². The molecule has 0 radical (unpaired) electrons. The number of rotatable bonds is 4. The summed E-state index contributed by atoms with van der Waals surface area (Å²) in [6, 6.07) is 2.50. The number of barbiturate groups is 1. The average Bonchev–Trinajstić information content (AvgIpc) is 3.09. The Labute approximate surface area is 140 Å². The minimum absolute atomic E-state index is 0.0653. The third-order valence-corrected chi connectivity index (χ3v) is 3.80. The monoisotopic (exact) mass is 344 g/mol. The van der Waals surface area contributed by atoms with Crippen LogP contribution >= 0.6 is 11.8 Å². The molecule has 3 heterocycles. The van der Waals surface area contributed by atoms with Crippen molar-refractivity contribution in [3.63, 3.8) is 0 Å². The molecule has 2 aromatic heterocycles. The van der Waals surface area contributed by atoms with E-state index < -0.39 is 17.8 Å². The van der Waals surface area contributed by atoms with Gasteiger partial charge < -0.3 is 4.42 Å². The molecule has 0 aliphatic carbocycles. The third-order valence-electron chi connectivity index (χ3n) is 3.22. The first-order valence-electron chi connectivity index (χ1n) is 6.86. The summed E-state index contributed by atoms with van der Waals surface area (Å²) in [4.78, 5) is 45.4. The minimum Gasteiger partial charge on any atom is -0.467 e. The molecule has 4 amide bonds. The molecule has 0 atom stereocenters. The number of nitrogens with zero attached hydrogens (tertiary/aromatic N) is 3. The number of urea groups is 1. The van der Waals surface area contributed by atoms with E-state index in [4.69, 9.17) is 4.42 Å². The standard InChI is InChI=1S/C15H12N4O4S/c1-24-14-16-6-9(7-17-14)5-11-12(20)18-15(22)19(13(11)21)8-10-3-2-4-23-10/h2-7H,8H2,1H3,(H,18,20,22)/b11-5+. The quantitative estimate of drug-likeness (QED) is 0.387. The maximum Gasteiger partial charge on any atom is 0.331 e. The number of imide groups is 2. The van der Waals surface area contributed by atoms with Gasteiger partial charge in [0.25, 0.3) is 11.8 Å². The Morgan fingerprint density at radius 2 is 2.04 bits per heavy atom. The summed E-state index contributed by atoms with van der Waals surface area (Å²) in [5.41, 5.74) is 0.320. The normalized spacial score (nSPS) is 16.6. The summed E-state index contributed by atoms with van der Waals surface area (Å²) in [6.45, 7) is -0.0653. The van der Waals surface area contributed by atoms with Crippen LogP contribution in [0, 0.1) is 0 Å². The minimum atomic E-state index is -0.785. The van der Waals surface area contributed by atoms with Crippen LogP contribution in [0.4, 0.5) is 4.79 Å². The summed E-state index contributed by atoms with van der Waals surface area (Å²) >= 11 is 1.38. The zero-order chi connectivity index (χ0) is 17.1. The molecule has 0 aromatic carbocycles. The van der Waals surface area contributed by atoms with Gasteiger partial charge in [0, 0.05) is 18.0 Å². The van der Waals surface area contributed by atoms with E-state index in [-0.39, 0.29) is 12.1 Å². The van der Waals surface area contributed by atoms with Crippen LogP contribution < -0.4 is 5.32 Å². The lowest BCUT2D eigenvalue weighted by atomic mass is 10.1. The highest BCUT2D eigenvalue weighted by Crippen LogP contribution is 2.17. The number of nitrogens with one attached hydrogen (secondary N) is 1. The molecule has 0 spiro atoms. The van der Waals surface area contributed by atoms with Crippen molar-refractivity contribution in [2.45, 2.75) is 11.7 Å². The number of carbonyl (C=O) groups is 3. The van der Waals surface area contributed by atoms with Gasteiger partial charge in [-0.2, -0.15) is 0 Å². The lowest BCUT2D eigenvalue weighted by Gasteiger charge is -2.25. The van der Waals surface area contributed by atoms with Crippen molar-refractivity contribution < 1.29 is 18.8 Å². The first-order valence-corrected chi connectivity index (χ1v) is 8.08. The Hall–Kier alpha value is -2.94. The molecule has 3 rings (SSSR count). The van der Waals surface area contributed by atoms with E-state index >= 15 is 0 Å². The van der Waals surface area contributed by atoms with Crippen molar-refractivity contribution >= 4 is 35.7 Å². The first-order chi connectivity index (χ1) is 11.6. The predicted octanol–water partition coefficient (Wildman–Crippen LogP) is 1.45. The molecule has 0 bridgehead atoms. The lowest BCUT2D eigenvalue weighted by Crippen LogP contribution is -2.53. The lowest BCUT2D eigenvalue weighted by molar-refractivity contribution is -0.130. The van der Waals surface area contributed by atoms with Crippen molar-refractivity contribution in [1.82, 2.24) is 20.2 Å². The molecular weight excluding hydrogens is 332 g/mol. The number of thioether (sulfide) groups is 1. The second-order valence-electron chi connectivity index (χ2n) is 4.79. The Balaban J connectivity index is 1.88. The zero-order valence-corrected chi connectivity index (χ0v) is 13.4. The highest BCUT2D eigenvalue weighted by atomic mass is 32.2. The van der Waals surface area contributed by atoms with Crippen LogP contribution in [0.2, 0.25) is 0 Å². The number of amides is 4. The highest BCUT2D eigenvalue weighted by Gasteiger charge is 2.36. The molecule has 122 valence electrons. The summed E-state index contributed by atoms with van der Waals surface area (Å²) < 4.78 is 5.14. The number of carbonyl (C=O) groups excluding carboxylic acids is 3. The molecule has 1 fully saturated rings. The maximum atomic E-state index is 12.5. The fourth-order valence-electron chi connectivity index (χ4n) is 2.07. The molecule has 1 N–H and O–H groups in total. The van der Waals surface area contributed by atoms with Crippen molar-refractivity contribution in [3.05, 3.63) is 47.7 Å². The van der Waals surface area contributed by atoms with Gasteiger partial charge >= 0.3 is 6.03 Å². The van der Waals surface area contributed by atoms with Gasteiger partial charge in [-0.1, -0.05) is 11.8 Å². The Morgan fingerprint density at radius 1 is 1.29 bits per heavy atom. The fourth-order valence-corrected chi connectivity index (χ4v) is 2.38. The van der Waals surface area contributed by atoms with Crippen LogP contribution in [-0.4, -0.2) is 39.0 Å². The number of hydrogen-bond acceptors (Lipinski definition) is 7. The van der Waals surface area contributed by atoms with Gasteiger partial charge in [-0.25, -0.2) is 14.8 Å². The van der Waals surface area contributed by atoms with E-state index in [1.54, 1.807) is 12.1 Å². The fraction of sp³-hybridized carbons (Fsp3) is 0.133. The molecule has 2 aromatic rings. The summed E-state index contributed by atoms with van der Waals surface area (Å²) in [5.74, 6) is -1.02. The Morgan fingerprint density at radius 3 is 2.67 bits per heavy atom. The van der Waals surface area contributed by atoms with Crippen molar-refractivity contribution in [3.8, 4) is 0 Å². The van der Waals surface area contributed by atoms with Crippen LogP contribution in [0.15, 0.2) is 45.9 Å². The first kappa shape index (κ1) is 15.9. The molecule has 8 nitrogen and oxygen atoms in total. The number of aromatic nitrogens is 2.